The molecule has 552 valence electrons. The molecule has 5 aliphatic carbocycles. The fourth-order valence-electron chi connectivity index (χ4n) is 19.0. The number of ether oxygens (including phenoxy) is 12. The monoisotopic (exact) mass is 1380 g/mol. The van der Waals surface area contributed by atoms with Crippen molar-refractivity contribution in [2.45, 2.75) is 304 Å². The lowest BCUT2D eigenvalue weighted by Crippen LogP contribution is -2.67. The molecule has 11 aliphatic rings. The molecule has 6 aliphatic heterocycles. The molecular formula is C65H106O31. The first kappa shape index (κ1) is 75.2. The lowest BCUT2D eigenvalue weighted by Gasteiger charge is -2.71. The van der Waals surface area contributed by atoms with Gasteiger partial charge in [-0.25, -0.2) is 0 Å². The number of fused-ring (bicyclic) bond motifs is 7. The van der Waals surface area contributed by atoms with Crippen molar-refractivity contribution in [2.75, 3.05) is 33.0 Å². The number of allylic oxidation sites excluding steroid dienone is 2. The van der Waals surface area contributed by atoms with Gasteiger partial charge in [0.25, 0.3) is 0 Å². The standard InChI is InChI=1S/C65H106O31/c1-25-36(70)40(74)45(79)54(87-25)94-51-31(21-67)90-53(49(83)44(51)78)86-23-32-39(73)43(77)48(82)57(91-32)96-59(84)65-17-15-60(3,4)19-28(65)27-9-10-34-61(5)13-12-35(62(6,24-68)33(61)11-14-64(34,8)63(27,7)16-18-65)92-58-52(95-55-46(80)41(75)37(71)26(2)88-55)50(29(69)22-85-58)93-56-47(81)42(76)38(72)30(20-66)89-56/h9,25-26,28-58,66-83H,10-24H2,1-8H3/t25-,26-,28?,29-,30+,31+,32+,33+,34?,35-,36-,37-,38+,39+,40+,41+,42-,43-,44+,45+,46+,47+,48+,49+,50-,51+,52+,53+,54-,55-,56-,57-,58-,61-,62-,63+,64+,65-/m0/s1. The highest BCUT2D eigenvalue weighted by Crippen LogP contribution is 2.76. The Balaban J connectivity index is 0.797. The van der Waals surface area contributed by atoms with Crippen molar-refractivity contribution in [3.8, 4) is 0 Å². The maximum Gasteiger partial charge on any atom is 0.315 e. The van der Waals surface area contributed by atoms with E-state index in [0.29, 0.717) is 64.2 Å². The van der Waals surface area contributed by atoms with Gasteiger partial charge in [0.1, 0.15) is 128 Å². The molecule has 31 nitrogen and oxygen atoms in total. The molecule has 10 fully saturated rings. The quantitative estimate of drug-likeness (QED) is 0.0392. The summed E-state index contributed by atoms with van der Waals surface area (Å²) in [6.45, 7) is 13.0. The van der Waals surface area contributed by atoms with E-state index in [9.17, 15) is 91.9 Å². The first-order valence-electron chi connectivity index (χ1n) is 34.1. The Kier molecular flexibility index (Phi) is 22.1. The van der Waals surface area contributed by atoms with Crippen molar-refractivity contribution in [2.24, 2.45) is 50.2 Å². The normalized spacial score (nSPS) is 55.1. The van der Waals surface area contributed by atoms with E-state index in [1.54, 1.807) is 0 Å². The molecule has 0 radical (unpaired) electrons. The predicted octanol–water partition coefficient (Wildman–Crippen LogP) is -4.72. The maximum absolute atomic E-state index is 15.4. The van der Waals surface area contributed by atoms with E-state index < -0.39 is 238 Å². The molecule has 0 aromatic heterocycles. The highest BCUT2D eigenvalue weighted by atomic mass is 16.8. The van der Waals surface area contributed by atoms with Gasteiger partial charge < -0.3 is 149 Å². The average Bonchev–Trinajstić information content (AvgIpc) is 0.675. The molecule has 0 aromatic rings. The first-order chi connectivity index (χ1) is 45.1. The molecule has 38 atom stereocenters. The van der Waals surface area contributed by atoms with Crippen molar-refractivity contribution in [1.29, 1.82) is 0 Å². The molecule has 0 spiro atoms. The maximum atomic E-state index is 15.4. The molecule has 0 aromatic carbocycles. The summed E-state index contributed by atoms with van der Waals surface area (Å²) >= 11 is 0. The van der Waals surface area contributed by atoms with E-state index >= 15 is 4.79 Å². The molecule has 96 heavy (non-hydrogen) atoms. The first-order valence-corrected chi connectivity index (χ1v) is 34.1. The average molecular weight is 1380 g/mol. The second-order valence-corrected chi connectivity index (χ2v) is 31.3. The number of carbonyl (C=O) groups excluding carboxylic acids is 1. The number of hydrogen-bond acceptors (Lipinski definition) is 31. The third-order valence-electron chi connectivity index (χ3n) is 25.3. The minimum atomic E-state index is -1.93. The molecule has 11 rings (SSSR count). The van der Waals surface area contributed by atoms with Crippen molar-refractivity contribution in [3.05, 3.63) is 11.6 Å². The Hall–Kier alpha value is -1.95. The number of esters is 1. The lowest BCUT2D eigenvalue weighted by atomic mass is 9.33. The van der Waals surface area contributed by atoms with Gasteiger partial charge in [-0.15, -0.1) is 0 Å². The number of carbonyl (C=O) groups is 1. The minimum Gasteiger partial charge on any atom is -0.432 e. The van der Waals surface area contributed by atoms with Gasteiger partial charge in [-0.1, -0.05) is 53.2 Å². The fraction of sp³-hybridized carbons (Fsp3) is 0.954. The molecule has 0 amide bonds. The fourth-order valence-corrected chi connectivity index (χ4v) is 19.0. The highest BCUT2D eigenvalue weighted by molar-refractivity contribution is 5.79. The van der Waals surface area contributed by atoms with Crippen LogP contribution >= 0.6 is 0 Å². The Labute approximate surface area is 556 Å². The molecule has 0 bridgehead atoms. The van der Waals surface area contributed by atoms with Crippen LogP contribution in [0.1, 0.15) is 120 Å². The van der Waals surface area contributed by atoms with Gasteiger partial charge in [0.15, 0.2) is 31.5 Å². The Morgan fingerprint density at radius 3 is 1.62 bits per heavy atom. The zero-order valence-corrected chi connectivity index (χ0v) is 55.6. The van der Waals surface area contributed by atoms with Crippen LogP contribution in [0.3, 0.4) is 0 Å². The van der Waals surface area contributed by atoms with Gasteiger partial charge in [0.05, 0.1) is 56.8 Å². The summed E-state index contributed by atoms with van der Waals surface area (Å²) in [5.41, 5.74) is -2.46. The van der Waals surface area contributed by atoms with E-state index in [1.807, 2.05) is 6.92 Å². The molecule has 18 N–H and O–H groups in total. The number of rotatable bonds is 16. The molecular weight excluding hydrogens is 1280 g/mol. The Morgan fingerprint density at radius 1 is 0.500 bits per heavy atom. The van der Waals surface area contributed by atoms with E-state index in [0.717, 1.165) is 5.57 Å². The van der Waals surface area contributed by atoms with Crippen LogP contribution in [0.5, 0.6) is 0 Å². The second-order valence-electron chi connectivity index (χ2n) is 31.3. The van der Waals surface area contributed by atoms with Crippen LogP contribution < -0.4 is 0 Å². The summed E-state index contributed by atoms with van der Waals surface area (Å²) in [7, 11) is 0. The Bertz CT molecular complexity index is 2690. The van der Waals surface area contributed by atoms with Crippen molar-refractivity contribution < 1.29 is 154 Å². The molecule has 4 saturated carbocycles. The van der Waals surface area contributed by atoms with E-state index in [1.165, 1.54) is 13.8 Å². The van der Waals surface area contributed by atoms with E-state index in [4.69, 9.17) is 56.8 Å². The SMILES string of the molecule is C[C@@H]1O[C@@H](O[C@H]2[C@H](O[C@H]3CC[C@]4(C)C5CC=C6C7CC(C)(C)CC[C@]7(C(=O)O[C@@H]7O[C@H](CO[C@@H]8O[C@H](CO)[C@@H](O[C@@H]9O[C@@H](C)[C@H](O)[C@@H](O)[C@H]9O)[C@H](O)[C@H]8O)[C@@H](O)[C@H](O)[C@H]7O)CC[C@@]6(C)[C@]5(C)CC[C@H]4[C@]3(C)CO)OC[C@H](O)[C@@H]2O[C@@H]2O[C@H](CO)[C@@H](O)[C@H](O)[C@H]2O)[C@H](O)[C@H](O)[C@H]1O. The van der Waals surface area contributed by atoms with Crippen LogP contribution in [0.4, 0.5) is 0 Å². The van der Waals surface area contributed by atoms with Gasteiger partial charge in [-0.3, -0.25) is 4.79 Å². The smallest absolute Gasteiger partial charge is 0.315 e. The largest absolute Gasteiger partial charge is 0.432 e. The summed E-state index contributed by atoms with van der Waals surface area (Å²) in [5.74, 6) is -1.14. The second kappa shape index (κ2) is 28.3. The number of hydrogen-bond donors (Lipinski definition) is 18. The number of aliphatic hydroxyl groups excluding tert-OH is 18. The van der Waals surface area contributed by atoms with Crippen LogP contribution in [0.15, 0.2) is 11.6 Å². The summed E-state index contributed by atoms with van der Waals surface area (Å²) < 4.78 is 72.2. The summed E-state index contributed by atoms with van der Waals surface area (Å²) in [6, 6.07) is 0. The summed E-state index contributed by atoms with van der Waals surface area (Å²) in [6.07, 6.45) is -40.7. The van der Waals surface area contributed by atoms with Crippen LogP contribution in [-0.2, 0) is 61.6 Å². The number of aliphatic hydroxyl groups is 18. The van der Waals surface area contributed by atoms with Gasteiger partial charge in [-0.05, 0) is 117 Å². The van der Waals surface area contributed by atoms with Crippen molar-refractivity contribution in [1.82, 2.24) is 0 Å². The van der Waals surface area contributed by atoms with Crippen molar-refractivity contribution in [3.63, 3.8) is 0 Å². The third kappa shape index (κ3) is 12.8. The zero-order valence-electron chi connectivity index (χ0n) is 55.6. The zero-order chi connectivity index (χ0) is 70.0. The van der Waals surface area contributed by atoms with Crippen LogP contribution in [0.25, 0.3) is 0 Å². The van der Waals surface area contributed by atoms with Gasteiger partial charge in [-0.2, -0.15) is 0 Å². The predicted molar refractivity (Wildman–Crippen MR) is 321 cm³/mol. The minimum absolute atomic E-state index is 0.0352. The lowest BCUT2D eigenvalue weighted by molar-refractivity contribution is -0.388. The van der Waals surface area contributed by atoms with E-state index in [-0.39, 0.29) is 35.2 Å². The topological polar surface area (TPSA) is 492 Å². The van der Waals surface area contributed by atoms with Gasteiger partial charge in [0.2, 0.25) is 6.29 Å². The van der Waals surface area contributed by atoms with Gasteiger partial charge in [0, 0.05) is 5.41 Å². The van der Waals surface area contributed by atoms with Crippen LogP contribution in [0, 0.1) is 50.2 Å². The molecule has 6 saturated heterocycles. The van der Waals surface area contributed by atoms with Gasteiger partial charge >= 0.3 is 5.97 Å². The van der Waals surface area contributed by atoms with Crippen LogP contribution in [-0.4, -0.2) is 315 Å². The third-order valence-corrected chi connectivity index (χ3v) is 25.3. The van der Waals surface area contributed by atoms with E-state index in [2.05, 4.69) is 40.7 Å². The van der Waals surface area contributed by atoms with Crippen molar-refractivity contribution >= 4 is 5.97 Å². The van der Waals surface area contributed by atoms with Crippen LogP contribution in [0.2, 0.25) is 0 Å². The molecule has 6 heterocycles. The summed E-state index contributed by atoms with van der Waals surface area (Å²) in [5, 5.41) is 196. The molecule has 31 heteroatoms. The Morgan fingerprint density at radius 2 is 1.02 bits per heavy atom. The highest BCUT2D eigenvalue weighted by Gasteiger charge is 2.71. The molecule has 2 unspecified atom stereocenters. The summed E-state index contributed by atoms with van der Waals surface area (Å²) in [4.78, 5) is 15.4.